The Balaban J connectivity index is 2.01. The fraction of sp³-hybridized carbons (Fsp3) is 0.333. The van der Waals surface area contributed by atoms with Crippen molar-refractivity contribution in [3.63, 3.8) is 0 Å². The molecule has 21 heavy (non-hydrogen) atoms. The van der Waals surface area contributed by atoms with Crippen LogP contribution in [0.3, 0.4) is 0 Å². The predicted molar refractivity (Wildman–Crippen MR) is 83.4 cm³/mol. The molecule has 4 N–H and O–H groups in total. The van der Waals surface area contributed by atoms with Crippen LogP contribution in [0.15, 0.2) is 23.0 Å². The zero-order valence-corrected chi connectivity index (χ0v) is 12.5. The van der Waals surface area contributed by atoms with Crippen LogP contribution >= 0.6 is 0 Å². The number of carbonyl (C=O) groups is 1. The molecule has 0 unspecified atom stereocenters. The average Bonchev–Trinajstić information content (AvgIpc) is 2.65. The molecule has 0 aliphatic heterocycles. The van der Waals surface area contributed by atoms with Crippen LogP contribution in [-0.4, -0.2) is 15.5 Å². The summed E-state index contributed by atoms with van der Waals surface area (Å²) in [5.74, 6) is -0.171. The summed E-state index contributed by atoms with van der Waals surface area (Å²) in [6, 6.07) is 5.47. The standard InChI is InChI=1S/C15H20N4O2/c1-9-4-5-13(12(16)8-9)18-14(20)6-7-19-11(3)10(2)17-15(19)21/h4-5,8H,6-7,16H2,1-3H3,(H,17,21)(H,18,20). The van der Waals surface area contributed by atoms with Crippen molar-refractivity contribution in [1.29, 1.82) is 0 Å². The minimum absolute atomic E-state index is 0.171. The number of nitrogen functional groups attached to an aromatic ring is 1. The molecule has 0 saturated carbocycles. The van der Waals surface area contributed by atoms with E-state index < -0.39 is 0 Å². The van der Waals surface area contributed by atoms with E-state index in [-0.39, 0.29) is 18.0 Å². The van der Waals surface area contributed by atoms with Gasteiger partial charge in [-0.25, -0.2) is 4.79 Å². The first-order valence-electron chi connectivity index (χ1n) is 6.80. The number of benzene rings is 1. The summed E-state index contributed by atoms with van der Waals surface area (Å²) in [7, 11) is 0. The third kappa shape index (κ3) is 3.34. The van der Waals surface area contributed by atoms with Crippen molar-refractivity contribution in [2.45, 2.75) is 33.7 Å². The molecule has 1 amide bonds. The quantitative estimate of drug-likeness (QED) is 0.748. The summed E-state index contributed by atoms with van der Waals surface area (Å²) >= 11 is 0. The van der Waals surface area contributed by atoms with E-state index in [1.807, 2.05) is 26.8 Å². The molecule has 1 heterocycles. The Morgan fingerprint density at radius 2 is 2.05 bits per heavy atom. The molecule has 6 heteroatoms. The van der Waals surface area contributed by atoms with Crippen LogP contribution in [0.1, 0.15) is 23.4 Å². The van der Waals surface area contributed by atoms with E-state index >= 15 is 0 Å². The van der Waals surface area contributed by atoms with E-state index in [0.29, 0.717) is 17.9 Å². The first-order valence-corrected chi connectivity index (χ1v) is 6.80. The molecule has 0 radical (unpaired) electrons. The molecule has 112 valence electrons. The van der Waals surface area contributed by atoms with Gasteiger partial charge in [0.15, 0.2) is 0 Å². The van der Waals surface area contributed by atoms with Gasteiger partial charge in [-0.1, -0.05) is 6.07 Å². The highest BCUT2D eigenvalue weighted by molar-refractivity contribution is 5.93. The summed E-state index contributed by atoms with van der Waals surface area (Å²) in [6.45, 7) is 5.96. The smallest absolute Gasteiger partial charge is 0.325 e. The van der Waals surface area contributed by atoms with Gasteiger partial charge in [0.2, 0.25) is 5.91 Å². The lowest BCUT2D eigenvalue weighted by Crippen LogP contribution is -2.22. The SMILES string of the molecule is Cc1ccc(NC(=O)CCn2c(C)c(C)[nH]c2=O)c(N)c1. The molecule has 0 aliphatic carbocycles. The maximum Gasteiger partial charge on any atom is 0.325 e. The highest BCUT2D eigenvalue weighted by atomic mass is 16.2. The van der Waals surface area contributed by atoms with Gasteiger partial charge < -0.3 is 16.0 Å². The second kappa shape index (κ2) is 5.87. The number of rotatable bonds is 4. The molecule has 2 aromatic rings. The van der Waals surface area contributed by atoms with Gasteiger partial charge >= 0.3 is 5.69 Å². The fourth-order valence-corrected chi connectivity index (χ4v) is 2.16. The molecule has 6 nitrogen and oxygen atoms in total. The second-order valence-electron chi connectivity index (χ2n) is 5.18. The third-order valence-corrected chi connectivity index (χ3v) is 3.53. The molecular weight excluding hydrogens is 268 g/mol. The monoisotopic (exact) mass is 288 g/mol. The predicted octanol–water partition coefficient (Wildman–Crippen LogP) is 1.71. The molecule has 2 rings (SSSR count). The Labute approximate surface area is 123 Å². The number of hydrogen-bond acceptors (Lipinski definition) is 3. The van der Waals surface area contributed by atoms with Crippen LogP contribution in [0.4, 0.5) is 11.4 Å². The molecule has 0 bridgehead atoms. The van der Waals surface area contributed by atoms with Crippen molar-refractivity contribution >= 4 is 17.3 Å². The van der Waals surface area contributed by atoms with E-state index in [2.05, 4.69) is 10.3 Å². The van der Waals surface area contributed by atoms with E-state index in [4.69, 9.17) is 5.73 Å². The first kappa shape index (κ1) is 14.9. The average molecular weight is 288 g/mol. The van der Waals surface area contributed by atoms with Gasteiger partial charge in [-0.15, -0.1) is 0 Å². The minimum Gasteiger partial charge on any atom is -0.397 e. The van der Waals surface area contributed by atoms with Crippen molar-refractivity contribution in [3.8, 4) is 0 Å². The number of aromatic amines is 1. The first-order chi connectivity index (χ1) is 9.88. The lowest BCUT2D eigenvalue weighted by molar-refractivity contribution is -0.116. The second-order valence-corrected chi connectivity index (χ2v) is 5.18. The van der Waals surface area contributed by atoms with Crippen molar-refractivity contribution in [2.24, 2.45) is 0 Å². The molecule has 1 aromatic carbocycles. The van der Waals surface area contributed by atoms with Crippen molar-refractivity contribution in [1.82, 2.24) is 9.55 Å². The number of nitrogens with two attached hydrogens (primary N) is 1. The number of hydrogen-bond donors (Lipinski definition) is 3. The Kier molecular flexibility index (Phi) is 4.16. The molecular formula is C15H20N4O2. The maximum atomic E-state index is 12.0. The number of anilines is 2. The largest absolute Gasteiger partial charge is 0.397 e. The number of imidazole rings is 1. The Bertz CT molecular complexity index is 728. The number of nitrogens with zero attached hydrogens (tertiary/aromatic N) is 1. The molecule has 1 aromatic heterocycles. The molecule has 0 saturated heterocycles. The Morgan fingerprint density at radius 1 is 1.33 bits per heavy atom. The molecule has 0 atom stereocenters. The fourth-order valence-electron chi connectivity index (χ4n) is 2.16. The van der Waals surface area contributed by atoms with Gasteiger partial charge in [0.1, 0.15) is 0 Å². The number of H-pyrrole nitrogens is 1. The highest BCUT2D eigenvalue weighted by Gasteiger charge is 2.10. The lowest BCUT2D eigenvalue weighted by Gasteiger charge is -2.09. The maximum absolute atomic E-state index is 12.0. The van der Waals surface area contributed by atoms with E-state index in [0.717, 1.165) is 17.0 Å². The minimum atomic E-state index is -0.187. The zero-order valence-electron chi connectivity index (χ0n) is 12.5. The number of aromatic nitrogens is 2. The third-order valence-electron chi connectivity index (χ3n) is 3.53. The van der Waals surface area contributed by atoms with Crippen LogP contribution in [0.5, 0.6) is 0 Å². The van der Waals surface area contributed by atoms with Crippen LogP contribution < -0.4 is 16.7 Å². The van der Waals surface area contributed by atoms with Crippen molar-refractivity contribution in [2.75, 3.05) is 11.1 Å². The lowest BCUT2D eigenvalue weighted by atomic mass is 10.2. The van der Waals surface area contributed by atoms with Crippen LogP contribution in [0.2, 0.25) is 0 Å². The number of nitrogens with one attached hydrogen (secondary N) is 2. The van der Waals surface area contributed by atoms with Gasteiger partial charge in [-0.3, -0.25) is 9.36 Å². The zero-order chi connectivity index (χ0) is 15.6. The van der Waals surface area contributed by atoms with Gasteiger partial charge in [-0.2, -0.15) is 0 Å². The molecule has 0 fully saturated rings. The van der Waals surface area contributed by atoms with Crippen LogP contribution in [0.25, 0.3) is 0 Å². The topological polar surface area (TPSA) is 92.9 Å². The Hall–Kier alpha value is -2.50. The van der Waals surface area contributed by atoms with Crippen LogP contribution in [-0.2, 0) is 11.3 Å². The number of amides is 1. The molecule has 0 aliphatic rings. The summed E-state index contributed by atoms with van der Waals surface area (Å²) < 4.78 is 1.56. The van der Waals surface area contributed by atoms with E-state index in [1.54, 1.807) is 16.7 Å². The number of aryl methyl sites for hydroxylation is 2. The summed E-state index contributed by atoms with van der Waals surface area (Å²) in [5.41, 5.74) is 9.51. The summed E-state index contributed by atoms with van der Waals surface area (Å²) in [5, 5.41) is 2.76. The van der Waals surface area contributed by atoms with Gasteiger partial charge in [-0.05, 0) is 38.5 Å². The number of carbonyl (C=O) groups excluding carboxylic acids is 1. The molecule has 0 spiro atoms. The van der Waals surface area contributed by atoms with Gasteiger partial charge in [0.25, 0.3) is 0 Å². The normalized spacial score (nSPS) is 10.6. The van der Waals surface area contributed by atoms with Crippen molar-refractivity contribution in [3.05, 3.63) is 45.6 Å². The van der Waals surface area contributed by atoms with Crippen molar-refractivity contribution < 1.29 is 4.79 Å². The highest BCUT2D eigenvalue weighted by Crippen LogP contribution is 2.19. The van der Waals surface area contributed by atoms with Gasteiger partial charge in [0.05, 0.1) is 11.4 Å². The van der Waals surface area contributed by atoms with E-state index in [9.17, 15) is 9.59 Å². The summed E-state index contributed by atoms with van der Waals surface area (Å²) in [6.07, 6.45) is 0.214. The summed E-state index contributed by atoms with van der Waals surface area (Å²) in [4.78, 5) is 26.4. The van der Waals surface area contributed by atoms with E-state index in [1.165, 1.54) is 0 Å². The van der Waals surface area contributed by atoms with Gasteiger partial charge in [0, 0.05) is 24.4 Å². The Morgan fingerprint density at radius 3 is 2.62 bits per heavy atom. The van der Waals surface area contributed by atoms with Crippen LogP contribution in [0, 0.1) is 20.8 Å².